The minimum atomic E-state index is -4.69. The first-order chi connectivity index (χ1) is 25.2. The van der Waals surface area contributed by atoms with Crippen LogP contribution in [0.1, 0.15) is 120 Å². The summed E-state index contributed by atoms with van der Waals surface area (Å²) in [7, 11) is -4.69. The Morgan fingerprint density at radius 2 is 1.77 bits per heavy atom. The van der Waals surface area contributed by atoms with Gasteiger partial charge >= 0.3 is 7.82 Å². The highest BCUT2D eigenvalue weighted by atomic mass is 31.2. The molecular weight excluding hydrogens is 690 g/mol. The molecule has 0 spiro atoms. The average molecular weight is 743 g/mol. The van der Waals surface area contributed by atoms with Gasteiger partial charge in [0.2, 0.25) is 0 Å². The Morgan fingerprint density at radius 3 is 2.44 bits per heavy atom. The summed E-state index contributed by atoms with van der Waals surface area (Å²) in [6.07, 6.45) is 15.3. The predicted octanol–water partition coefficient (Wildman–Crippen LogP) is 7.87. The van der Waals surface area contributed by atoms with Crippen molar-refractivity contribution in [2.75, 3.05) is 32.2 Å². The maximum atomic E-state index is 14.5. The molecule has 284 valence electrons. The summed E-state index contributed by atoms with van der Waals surface area (Å²) in [6.45, 7) is 1.63. The largest absolute Gasteiger partial charge is 0.472 e. The van der Waals surface area contributed by atoms with Gasteiger partial charge in [-0.3, -0.25) is 9.05 Å². The van der Waals surface area contributed by atoms with Crippen molar-refractivity contribution in [1.29, 1.82) is 10.5 Å². The number of fused-ring (bicyclic) bond motifs is 1. The molecular formula is C37H52FN6O7P. The normalized spacial score (nSPS) is 19.0. The van der Waals surface area contributed by atoms with Crippen LogP contribution < -0.4 is 5.73 Å². The van der Waals surface area contributed by atoms with Crippen molar-refractivity contribution in [2.45, 2.75) is 121 Å². The minimum Gasteiger partial charge on any atom is -0.382 e. The van der Waals surface area contributed by atoms with Crippen LogP contribution in [0.5, 0.6) is 0 Å². The van der Waals surface area contributed by atoms with Crippen LogP contribution in [0.15, 0.2) is 36.7 Å². The molecule has 1 aromatic carbocycles. The number of phosphoric acid groups is 1. The van der Waals surface area contributed by atoms with Gasteiger partial charge in [-0.15, -0.1) is 0 Å². The Morgan fingerprint density at radius 1 is 1.06 bits per heavy atom. The molecule has 0 amide bonds. The van der Waals surface area contributed by atoms with Gasteiger partial charge in [-0.2, -0.15) is 15.6 Å². The molecule has 4 atom stereocenters. The van der Waals surface area contributed by atoms with Gasteiger partial charge in [-0.25, -0.2) is 18.5 Å². The van der Waals surface area contributed by atoms with E-state index in [1.807, 2.05) is 6.07 Å². The molecule has 3 heterocycles. The van der Waals surface area contributed by atoms with E-state index in [2.05, 4.69) is 23.1 Å². The summed E-state index contributed by atoms with van der Waals surface area (Å²) < 4.78 is 57.4. The first kappa shape index (κ1) is 41.3. The second-order valence-electron chi connectivity index (χ2n) is 13.3. The van der Waals surface area contributed by atoms with E-state index < -0.39 is 44.7 Å². The Labute approximate surface area is 305 Å². The third-order valence-corrected chi connectivity index (χ3v) is 10.1. The molecule has 15 heteroatoms. The van der Waals surface area contributed by atoms with E-state index in [0.29, 0.717) is 30.1 Å². The maximum Gasteiger partial charge on any atom is 0.472 e. The fourth-order valence-electron chi connectivity index (χ4n) is 6.15. The monoisotopic (exact) mass is 742 g/mol. The van der Waals surface area contributed by atoms with Crippen molar-refractivity contribution in [2.24, 2.45) is 0 Å². The first-order valence-electron chi connectivity index (χ1n) is 18.4. The van der Waals surface area contributed by atoms with Gasteiger partial charge in [0.15, 0.2) is 11.4 Å². The Kier molecular flexibility index (Phi) is 16.9. The number of hydrogen-bond donors (Lipinski definition) is 2. The standard InChI is InChI=1S/C37H52FN6O7P/c1-2-3-4-5-6-7-8-9-10-11-12-13-20-47-24-31(48-23-30-15-14-29(22-39)21-32(30)38)25-49-52(45,46)50-27-37(26-40)19-18-35(51-37)33-16-17-34-36(41)42-28-43-44(33)34/h14-17,21,28,31,35H,2-13,18-20,23-25,27H2,1H3,(H,45,46)(H2,41,42,43)/t31-,35-,37-/m1/s1. The molecule has 0 bridgehead atoms. The molecule has 1 saturated heterocycles. The van der Waals surface area contributed by atoms with E-state index in [4.69, 9.17) is 34.3 Å². The van der Waals surface area contributed by atoms with Crippen LogP contribution in [-0.4, -0.2) is 57.6 Å². The van der Waals surface area contributed by atoms with Crippen molar-refractivity contribution in [3.8, 4) is 12.1 Å². The molecule has 0 saturated carbocycles. The third kappa shape index (κ3) is 12.9. The van der Waals surface area contributed by atoms with E-state index in [9.17, 15) is 19.1 Å². The van der Waals surface area contributed by atoms with Crippen LogP contribution in [0.2, 0.25) is 0 Å². The highest BCUT2D eigenvalue weighted by Crippen LogP contribution is 2.47. The molecule has 52 heavy (non-hydrogen) atoms. The van der Waals surface area contributed by atoms with Crippen molar-refractivity contribution in [3.63, 3.8) is 0 Å². The number of phosphoric ester groups is 1. The van der Waals surface area contributed by atoms with Gasteiger partial charge in [0.1, 0.15) is 42.5 Å². The summed E-state index contributed by atoms with van der Waals surface area (Å²) in [5.41, 5.74) is 6.08. The second-order valence-corrected chi connectivity index (χ2v) is 14.8. The van der Waals surface area contributed by atoms with Crippen LogP contribution in [0, 0.1) is 28.5 Å². The molecule has 1 fully saturated rings. The molecule has 1 aliphatic heterocycles. The number of unbranched alkanes of at least 4 members (excludes halogenated alkanes) is 11. The number of nitrogen functional groups attached to an aromatic ring is 1. The molecule has 13 nitrogen and oxygen atoms in total. The Hall–Kier alpha value is -3.46. The fraction of sp³-hybridized carbons (Fsp3) is 0.622. The number of ether oxygens (including phenoxy) is 3. The van der Waals surface area contributed by atoms with Gasteiger partial charge in [-0.05, 0) is 43.5 Å². The van der Waals surface area contributed by atoms with E-state index in [1.165, 1.54) is 76.2 Å². The van der Waals surface area contributed by atoms with Gasteiger partial charge in [0, 0.05) is 12.2 Å². The first-order valence-corrected chi connectivity index (χ1v) is 19.9. The predicted molar refractivity (Wildman–Crippen MR) is 192 cm³/mol. The van der Waals surface area contributed by atoms with Crippen molar-refractivity contribution in [1.82, 2.24) is 14.6 Å². The molecule has 0 aliphatic carbocycles. The average Bonchev–Trinajstić information content (AvgIpc) is 3.78. The maximum absolute atomic E-state index is 14.5. The van der Waals surface area contributed by atoms with Crippen molar-refractivity contribution in [3.05, 3.63) is 59.3 Å². The quantitative estimate of drug-likeness (QED) is 0.0633. The van der Waals surface area contributed by atoms with E-state index >= 15 is 0 Å². The van der Waals surface area contributed by atoms with Gasteiger partial charge in [0.25, 0.3) is 0 Å². The van der Waals surface area contributed by atoms with E-state index in [0.717, 1.165) is 25.3 Å². The van der Waals surface area contributed by atoms with Gasteiger partial charge < -0.3 is 24.8 Å². The van der Waals surface area contributed by atoms with Crippen LogP contribution >= 0.6 is 7.82 Å². The molecule has 4 rings (SSSR count). The summed E-state index contributed by atoms with van der Waals surface area (Å²) in [6, 6.07) is 11.6. The lowest BCUT2D eigenvalue weighted by Gasteiger charge is -2.24. The number of nitrogens with zero attached hydrogens (tertiary/aromatic N) is 5. The highest BCUT2D eigenvalue weighted by Gasteiger charge is 2.44. The zero-order valence-electron chi connectivity index (χ0n) is 30.1. The van der Waals surface area contributed by atoms with Gasteiger partial charge in [0.05, 0.1) is 37.1 Å². The van der Waals surface area contributed by atoms with Crippen molar-refractivity contribution < 1.29 is 37.1 Å². The lowest BCUT2D eigenvalue weighted by atomic mass is 10.0. The second kappa shape index (κ2) is 21.3. The van der Waals surface area contributed by atoms with Crippen molar-refractivity contribution >= 4 is 19.2 Å². The number of nitriles is 2. The lowest BCUT2D eigenvalue weighted by molar-refractivity contribution is -0.0593. The van der Waals surface area contributed by atoms with E-state index in [1.54, 1.807) is 16.6 Å². The molecule has 2 aromatic heterocycles. The summed E-state index contributed by atoms with van der Waals surface area (Å²) in [5, 5.41) is 23.3. The summed E-state index contributed by atoms with van der Waals surface area (Å²) >= 11 is 0. The Balaban J connectivity index is 1.23. The van der Waals surface area contributed by atoms with Crippen LogP contribution in [0.25, 0.3) is 5.52 Å². The number of rotatable bonds is 25. The SMILES string of the molecule is CCCCCCCCCCCCCCOC[C@H](COP(=O)(O)OC[C@]1(C#N)CC[C@H](c2ccc3c(N)ncnn23)O1)OCc1ccc(C#N)cc1F. The van der Waals surface area contributed by atoms with Crippen LogP contribution in [0.3, 0.4) is 0 Å². The summed E-state index contributed by atoms with van der Waals surface area (Å²) in [5.74, 6) is -0.306. The number of benzene rings is 1. The van der Waals surface area contributed by atoms with E-state index in [-0.39, 0.29) is 30.8 Å². The number of aromatic nitrogens is 3. The highest BCUT2D eigenvalue weighted by molar-refractivity contribution is 7.47. The number of nitrogens with two attached hydrogens (primary N) is 1. The van der Waals surface area contributed by atoms with Crippen LogP contribution in [0.4, 0.5) is 10.2 Å². The third-order valence-electron chi connectivity index (χ3n) is 9.21. The Bertz CT molecular complexity index is 1680. The molecule has 3 aromatic rings. The molecule has 1 aliphatic rings. The fourth-order valence-corrected chi connectivity index (χ4v) is 6.95. The smallest absolute Gasteiger partial charge is 0.382 e. The number of anilines is 1. The zero-order chi connectivity index (χ0) is 37.2. The lowest BCUT2D eigenvalue weighted by Crippen LogP contribution is -2.32. The number of hydrogen-bond acceptors (Lipinski definition) is 11. The summed E-state index contributed by atoms with van der Waals surface area (Å²) in [4.78, 5) is 14.5. The number of halogens is 1. The topological polar surface area (TPSA) is 187 Å². The zero-order valence-corrected chi connectivity index (χ0v) is 31.0. The molecule has 1 unspecified atom stereocenters. The minimum absolute atomic E-state index is 0.0300. The molecule has 3 N–H and O–H groups in total. The molecule has 0 radical (unpaired) electrons. The van der Waals surface area contributed by atoms with Crippen LogP contribution in [-0.2, 0) is 34.4 Å². The van der Waals surface area contributed by atoms with Gasteiger partial charge in [-0.1, -0.05) is 83.6 Å².